The molecule has 0 aromatic carbocycles. The van der Waals surface area contributed by atoms with Crippen molar-refractivity contribution in [3.8, 4) is 0 Å². The fourth-order valence-electron chi connectivity index (χ4n) is 5.03. The van der Waals surface area contributed by atoms with Crippen LogP contribution in [0.2, 0.25) is 0 Å². The SMILES string of the molecule is O=C(CCc1cc(C(F)(F)F)ccn1)c1cn(CCCCn2cc(C(=O)NC[C@H]3CC4CCC3O4)nn2)nn1. The molecule has 3 atom stereocenters. The van der Waals surface area contributed by atoms with Crippen LogP contribution in [0.15, 0.2) is 30.7 Å². The molecule has 0 radical (unpaired) electrons. The quantitative estimate of drug-likeness (QED) is 0.271. The summed E-state index contributed by atoms with van der Waals surface area (Å²) in [4.78, 5) is 28.7. The monoisotopic (exact) mass is 546 g/mol. The number of unbranched alkanes of at least 4 members (excludes halogenated alkanes) is 1. The first kappa shape index (κ1) is 26.9. The van der Waals surface area contributed by atoms with Gasteiger partial charge in [-0.05, 0) is 50.7 Å². The van der Waals surface area contributed by atoms with Gasteiger partial charge in [0, 0.05) is 43.9 Å². The number of halogens is 3. The zero-order valence-electron chi connectivity index (χ0n) is 21.2. The van der Waals surface area contributed by atoms with Gasteiger partial charge >= 0.3 is 6.18 Å². The number of hydrogen-bond donors (Lipinski definition) is 1. The van der Waals surface area contributed by atoms with Crippen molar-refractivity contribution in [2.45, 2.75) is 76.4 Å². The highest BCUT2D eigenvalue weighted by molar-refractivity contribution is 5.94. The lowest BCUT2D eigenvalue weighted by Crippen LogP contribution is -2.33. The van der Waals surface area contributed by atoms with Crippen LogP contribution in [0.25, 0.3) is 0 Å². The van der Waals surface area contributed by atoms with E-state index in [9.17, 15) is 22.8 Å². The molecule has 3 aromatic rings. The van der Waals surface area contributed by atoms with E-state index < -0.39 is 11.7 Å². The second-order valence-corrected chi connectivity index (χ2v) is 9.98. The Morgan fingerprint density at radius 1 is 1.05 bits per heavy atom. The Hall–Kier alpha value is -3.68. The minimum atomic E-state index is -4.46. The number of hydrogen-bond acceptors (Lipinski definition) is 8. The third-order valence-electron chi connectivity index (χ3n) is 7.13. The van der Waals surface area contributed by atoms with Crippen molar-refractivity contribution >= 4 is 11.7 Å². The first-order valence-electron chi connectivity index (χ1n) is 13.0. The van der Waals surface area contributed by atoms with Crippen molar-refractivity contribution in [3.05, 3.63) is 53.4 Å². The molecule has 2 aliphatic rings. The molecule has 2 unspecified atom stereocenters. The van der Waals surface area contributed by atoms with E-state index in [0.717, 1.165) is 50.4 Å². The van der Waals surface area contributed by atoms with E-state index >= 15 is 0 Å². The van der Waals surface area contributed by atoms with E-state index in [2.05, 4.69) is 30.9 Å². The largest absolute Gasteiger partial charge is 0.416 e. The molecular weight excluding hydrogens is 517 g/mol. The molecule has 0 spiro atoms. The van der Waals surface area contributed by atoms with Gasteiger partial charge in [-0.2, -0.15) is 13.2 Å². The predicted molar refractivity (Wildman–Crippen MR) is 130 cm³/mol. The number of fused-ring (bicyclic) bond motifs is 2. The Bertz CT molecular complexity index is 1310. The highest BCUT2D eigenvalue weighted by Crippen LogP contribution is 2.38. The Labute approximate surface area is 222 Å². The first-order chi connectivity index (χ1) is 18.7. The number of alkyl halides is 3. The number of ketones is 1. The van der Waals surface area contributed by atoms with Crippen LogP contribution in [0.1, 0.15) is 70.8 Å². The summed E-state index contributed by atoms with van der Waals surface area (Å²) in [6, 6.07) is 1.84. The number of aromatic nitrogens is 7. The van der Waals surface area contributed by atoms with Crippen molar-refractivity contribution in [3.63, 3.8) is 0 Å². The maximum absolute atomic E-state index is 12.8. The van der Waals surface area contributed by atoms with Crippen LogP contribution in [-0.2, 0) is 30.4 Å². The van der Waals surface area contributed by atoms with Gasteiger partial charge in [0.25, 0.3) is 5.91 Å². The molecule has 14 heteroatoms. The predicted octanol–water partition coefficient (Wildman–Crippen LogP) is 2.88. The van der Waals surface area contributed by atoms with Gasteiger partial charge in [-0.3, -0.25) is 23.9 Å². The highest BCUT2D eigenvalue weighted by Gasteiger charge is 2.40. The van der Waals surface area contributed by atoms with Gasteiger partial charge in [-0.15, -0.1) is 10.2 Å². The summed E-state index contributed by atoms with van der Waals surface area (Å²) in [5.41, 5.74) is -0.170. The number of carbonyl (C=O) groups excluding carboxylic acids is 2. The molecule has 1 amide bonds. The lowest BCUT2D eigenvalue weighted by Gasteiger charge is -2.18. The van der Waals surface area contributed by atoms with Crippen LogP contribution in [0.3, 0.4) is 0 Å². The third kappa shape index (κ3) is 6.85. The van der Waals surface area contributed by atoms with Gasteiger partial charge in [0.15, 0.2) is 11.5 Å². The van der Waals surface area contributed by atoms with Gasteiger partial charge in [0.1, 0.15) is 5.69 Å². The Balaban J connectivity index is 1.01. The third-order valence-corrected chi connectivity index (χ3v) is 7.13. The number of carbonyl (C=O) groups is 2. The molecule has 3 aromatic heterocycles. The van der Waals surface area contributed by atoms with Gasteiger partial charge < -0.3 is 10.1 Å². The summed E-state index contributed by atoms with van der Waals surface area (Å²) in [5.74, 6) is -0.197. The van der Waals surface area contributed by atoms with Crippen LogP contribution in [-0.4, -0.2) is 65.4 Å². The van der Waals surface area contributed by atoms with E-state index in [0.29, 0.717) is 31.7 Å². The van der Waals surface area contributed by atoms with Gasteiger partial charge in [-0.25, -0.2) is 0 Å². The van der Waals surface area contributed by atoms with E-state index in [-0.39, 0.29) is 47.7 Å². The van der Waals surface area contributed by atoms with Crippen molar-refractivity contribution < 1.29 is 27.5 Å². The normalized spacial score (nSPS) is 20.4. The number of nitrogens with zero attached hydrogens (tertiary/aromatic N) is 7. The molecule has 39 heavy (non-hydrogen) atoms. The molecule has 2 aliphatic heterocycles. The van der Waals surface area contributed by atoms with E-state index in [1.165, 1.54) is 6.20 Å². The zero-order valence-corrected chi connectivity index (χ0v) is 21.2. The molecule has 5 rings (SSSR count). The topological polar surface area (TPSA) is 130 Å². The second-order valence-electron chi connectivity index (χ2n) is 9.98. The number of Topliss-reactive ketones (excluding diaryl/α,β-unsaturated/α-hetero) is 1. The molecule has 5 heterocycles. The van der Waals surface area contributed by atoms with E-state index in [4.69, 9.17) is 4.74 Å². The van der Waals surface area contributed by atoms with Crippen LogP contribution < -0.4 is 5.32 Å². The lowest BCUT2D eigenvalue weighted by molar-refractivity contribution is -0.137. The molecule has 0 saturated carbocycles. The average Bonchev–Trinajstić information content (AvgIpc) is 3.73. The minimum Gasteiger partial charge on any atom is -0.375 e. The maximum Gasteiger partial charge on any atom is 0.416 e. The van der Waals surface area contributed by atoms with Crippen LogP contribution in [0.4, 0.5) is 13.2 Å². The Morgan fingerprint density at radius 2 is 1.77 bits per heavy atom. The smallest absolute Gasteiger partial charge is 0.375 e. The molecule has 0 aliphatic carbocycles. The summed E-state index contributed by atoms with van der Waals surface area (Å²) in [6.45, 7) is 1.66. The number of aryl methyl sites for hydroxylation is 3. The summed E-state index contributed by atoms with van der Waals surface area (Å²) in [6.07, 6.45) is 5.06. The second kappa shape index (κ2) is 11.6. The van der Waals surface area contributed by atoms with Crippen molar-refractivity contribution in [2.24, 2.45) is 5.92 Å². The summed E-state index contributed by atoms with van der Waals surface area (Å²) >= 11 is 0. The Kier molecular flexibility index (Phi) is 8.00. The maximum atomic E-state index is 12.8. The summed E-state index contributed by atoms with van der Waals surface area (Å²) in [5, 5.41) is 18.8. The standard InChI is InChI=1S/C25H29F3N8O3/c26-25(27,28)17-7-8-29-18(12-17)3-5-22(37)20-14-35(33-31-20)9-1-2-10-36-15-21(32-34-36)24(38)30-13-16-11-19-4-6-23(16)39-19/h7-8,12,14-16,19,23H,1-6,9-11,13H2,(H,30,38)/t16-,19?,23?/m1/s1. The molecule has 1 N–H and O–H groups in total. The van der Waals surface area contributed by atoms with Gasteiger partial charge in [0.05, 0.1) is 30.2 Å². The number of nitrogens with one attached hydrogen (secondary N) is 1. The highest BCUT2D eigenvalue weighted by atomic mass is 19.4. The molecule has 2 saturated heterocycles. The molecule has 208 valence electrons. The van der Waals surface area contributed by atoms with Gasteiger partial charge in [-0.1, -0.05) is 10.4 Å². The van der Waals surface area contributed by atoms with Crippen LogP contribution >= 0.6 is 0 Å². The molecular formula is C25H29F3N8O3. The molecule has 2 fully saturated rings. The first-order valence-corrected chi connectivity index (χ1v) is 13.0. The minimum absolute atomic E-state index is 0.0231. The van der Waals surface area contributed by atoms with Crippen LogP contribution in [0, 0.1) is 5.92 Å². The summed E-state index contributed by atoms with van der Waals surface area (Å²) in [7, 11) is 0. The number of rotatable bonds is 12. The zero-order chi connectivity index (χ0) is 27.4. The number of pyridine rings is 1. The van der Waals surface area contributed by atoms with Crippen molar-refractivity contribution in [1.29, 1.82) is 0 Å². The van der Waals surface area contributed by atoms with Gasteiger partial charge in [0.2, 0.25) is 0 Å². The lowest BCUT2D eigenvalue weighted by atomic mass is 9.89. The number of amides is 1. The fraction of sp³-hybridized carbons (Fsp3) is 0.560. The number of ether oxygens (including phenoxy) is 1. The van der Waals surface area contributed by atoms with Crippen molar-refractivity contribution in [1.82, 2.24) is 40.3 Å². The molecule has 11 nitrogen and oxygen atoms in total. The Morgan fingerprint density at radius 3 is 2.44 bits per heavy atom. The average molecular weight is 547 g/mol. The van der Waals surface area contributed by atoms with Crippen molar-refractivity contribution in [2.75, 3.05) is 6.54 Å². The van der Waals surface area contributed by atoms with Crippen LogP contribution in [0.5, 0.6) is 0 Å². The fourth-order valence-corrected chi connectivity index (χ4v) is 5.03. The molecule has 2 bridgehead atoms. The van der Waals surface area contributed by atoms with E-state index in [1.54, 1.807) is 15.6 Å². The van der Waals surface area contributed by atoms with E-state index in [1.807, 2.05) is 0 Å². The summed E-state index contributed by atoms with van der Waals surface area (Å²) < 4.78 is 47.5.